The fourth-order valence-corrected chi connectivity index (χ4v) is 6.03. The van der Waals surface area contributed by atoms with Crippen LogP contribution in [0, 0.1) is 5.92 Å². The maximum Gasteiger partial charge on any atom is 0.261 e. The number of aliphatic hydroxyl groups excluding tert-OH is 1. The van der Waals surface area contributed by atoms with Gasteiger partial charge in [0.15, 0.2) is 6.10 Å². The first-order valence-corrected chi connectivity index (χ1v) is 16.3. The number of ether oxygens (including phenoxy) is 2. The molecule has 3 aromatic carbocycles. The molecule has 1 amide bonds. The molecule has 3 unspecified atom stereocenters. The molecule has 0 radical (unpaired) electrons. The average Bonchev–Trinajstić information content (AvgIpc) is 2.99. The van der Waals surface area contributed by atoms with Crippen LogP contribution in [-0.2, 0) is 27.6 Å². The van der Waals surface area contributed by atoms with Crippen molar-refractivity contribution >= 4 is 15.7 Å². The van der Waals surface area contributed by atoms with E-state index >= 15 is 0 Å². The van der Waals surface area contributed by atoms with Crippen molar-refractivity contribution in [2.75, 3.05) is 25.2 Å². The molecule has 42 heavy (non-hydrogen) atoms. The number of rotatable bonds is 18. The molecule has 0 aliphatic carbocycles. The number of aliphatic hydroxyl groups is 1. The molecule has 3 N–H and O–H groups in total. The number of hydrogen-bond donors (Lipinski definition) is 3. The second-order valence-corrected chi connectivity index (χ2v) is 13.2. The van der Waals surface area contributed by atoms with E-state index in [1.165, 1.54) is 0 Å². The van der Waals surface area contributed by atoms with E-state index in [2.05, 4.69) is 10.6 Å². The lowest BCUT2D eigenvalue weighted by Gasteiger charge is -2.27. The third kappa shape index (κ3) is 11.8. The molecule has 0 aliphatic rings. The molecule has 3 rings (SSSR count). The highest BCUT2D eigenvalue weighted by Crippen LogP contribution is 2.16. The third-order valence-corrected chi connectivity index (χ3v) is 8.63. The van der Waals surface area contributed by atoms with Gasteiger partial charge < -0.3 is 25.2 Å². The standard InChI is InChI=1S/C33H44N2O6S/c1-25(2)17-19-42(38,39)20-18-32(41-28-14-8-5-9-15-28)33(37)35-30(22-26-11-6-4-7-12-26)31(36)24-34-23-27-13-10-16-29(21-27)40-3/h4-16,21,25,30-32,34,36H,17-20,22-24H2,1-3H3,(H,35,37). The molecule has 0 fully saturated rings. The summed E-state index contributed by atoms with van der Waals surface area (Å²) in [5.41, 5.74) is 1.95. The van der Waals surface area contributed by atoms with Crippen LogP contribution in [-0.4, -0.2) is 62.8 Å². The molecule has 0 saturated heterocycles. The fourth-order valence-electron chi connectivity index (χ4n) is 4.43. The molecular formula is C33H44N2O6S. The minimum absolute atomic E-state index is 0.00337. The summed E-state index contributed by atoms with van der Waals surface area (Å²) in [4.78, 5) is 13.6. The number of benzene rings is 3. The van der Waals surface area contributed by atoms with Crippen molar-refractivity contribution in [1.29, 1.82) is 0 Å². The first kappa shape index (κ1) is 33.1. The van der Waals surface area contributed by atoms with Crippen LogP contribution in [0.3, 0.4) is 0 Å². The zero-order chi connectivity index (χ0) is 30.4. The molecule has 0 aliphatic heterocycles. The van der Waals surface area contributed by atoms with E-state index < -0.39 is 34.0 Å². The van der Waals surface area contributed by atoms with Gasteiger partial charge in [-0.05, 0) is 54.2 Å². The second-order valence-electron chi connectivity index (χ2n) is 10.9. The fraction of sp³-hybridized carbons (Fsp3) is 0.424. The summed E-state index contributed by atoms with van der Waals surface area (Å²) in [6.45, 7) is 4.69. The molecular weight excluding hydrogens is 552 g/mol. The minimum Gasteiger partial charge on any atom is -0.497 e. The summed E-state index contributed by atoms with van der Waals surface area (Å²) in [7, 11) is -1.75. The molecule has 228 valence electrons. The maximum atomic E-state index is 13.6. The summed E-state index contributed by atoms with van der Waals surface area (Å²) in [5, 5.41) is 17.4. The zero-order valence-corrected chi connectivity index (χ0v) is 25.6. The van der Waals surface area contributed by atoms with Crippen molar-refractivity contribution < 1.29 is 27.8 Å². The molecule has 9 heteroatoms. The number of nitrogens with one attached hydrogen (secondary N) is 2. The Balaban J connectivity index is 1.72. The van der Waals surface area contributed by atoms with Gasteiger partial charge >= 0.3 is 0 Å². The Labute approximate surface area is 250 Å². The van der Waals surface area contributed by atoms with Crippen molar-refractivity contribution in [2.45, 2.75) is 57.9 Å². The summed E-state index contributed by atoms with van der Waals surface area (Å²) in [5.74, 6) is 0.914. The van der Waals surface area contributed by atoms with E-state index in [9.17, 15) is 18.3 Å². The number of hydrogen-bond acceptors (Lipinski definition) is 7. The van der Waals surface area contributed by atoms with Crippen molar-refractivity contribution in [3.8, 4) is 11.5 Å². The van der Waals surface area contributed by atoms with Crippen LogP contribution in [0.5, 0.6) is 11.5 Å². The van der Waals surface area contributed by atoms with E-state index in [1.807, 2.05) is 74.5 Å². The summed E-state index contributed by atoms with van der Waals surface area (Å²) < 4.78 is 36.7. The smallest absolute Gasteiger partial charge is 0.261 e. The van der Waals surface area contributed by atoms with Crippen molar-refractivity contribution in [2.24, 2.45) is 5.92 Å². The van der Waals surface area contributed by atoms with Crippen LogP contribution in [0.2, 0.25) is 0 Å². The number of para-hydroxylation sites is 1. The number of amides is 1. The quantitative estimate of drug-likeness (QED) is 0.202. The van der Waals surface area contributed by atoms with Crippen LogP contribution < -0.4 is 20.1 Å². The highest BCUT2D eigenvalue weighted by molar-refractivity contribution is 7.91. The Kier molecular flexibility index (Phi) is 13.3. The predicted octanol–water partition coefficient (Wildman–Crippen LogP) is 4.17. The molecule has 0 saturated carbocycles. The van der Waals surface area contributed by atoms with Crippen LogP contribution >= 0.6 is 0 Å². The van der Waals surface area contributed by atoms with E-state index in [-0.39, 0.29) is 30.4 Å². The highest BCUT2D eigenvalue weighted by atomic mass is 32.2. The normalized spacial score (nSPS) is 13.7. The third-order valence-electron chi connectivity index (χ3n) is 6.92. The Bertz CT molecular complexity index is 1320. The van der Waals surface area contributed by atoms with Crippen molar-refractivity contribution in [1.82, 2.24) is 10.6 Å². The van der Waals surface area contributed by atoms with Crippen molar-refractivity contribution in [3.05, 3.63) is 96.1 Å². The molecule has 0 aromatic heterocycles. The molecule has 3 atom stereocenters. The molecule has 3 aromatic rings. The zero-order valence-electron chi connectivity index (χ0n) is 24.7. The van der Waals surface area contributed by atoms with Gasteiger partial charge in [0.25, 0.3) is 5.91 Å². The van der Waals surface area contributed by atoms with Crippen LogP contribution in [0.25, 0.3) is 0 Å². The van der Waals surface area contributed by atoms with E-state index in [1.54, 1.807) is 31.4 Å². The molecule has 8 nitrogen and oxygen atoms in total. The van der Waals surface area contributed by atoms with Gasteiger partial charge in [0.2, 0.25) is 0 Å². The Hall–Kier alpha value is -3.40. The van der Waals surface area contributed by atoms with Gasteiger partial charge in [0.05, 0.1) is 30.8 Å². The van der Waals surface area contributed by atoms with Gasteiger partial charge in [-0.3, -0.25) is 4.79 Å². The van der Waals surface area contributed by atoms with E-state index in [0.29, 0.717) is 25.1 Å². The maximum absolute atomic E-state index is 13.6. The molecule has 0 bridgehead atoms. The minimum atomic E-state index is -3.36. The summed E-state index contributed by atoms with van der Waals surface area (Å²) in [6.07, 6.45) is -1.02. The van der Waals surface area contributed by atoms with Gasteiger partial charge in [-0.1, -0.05) is 74.5 Å². The van der Waals surface area contributed by atoms with Gasteiger partial charge in [-0.2, -0.15) is 0 Å². The topological polar surface area (TPSA) is 114 Å². The number of carbonyl (C=O) groups excluding carboxylic acids is 1. The monoisotopic (exact) mass is 596 g/mol. The van der Waals surface area contributed by atoms with Gasteiger partial charge in [0, 0.05) is 19.5 Å². The average molecular weight is 597 g/mol. The second kappa shape index (κ2) is 16.9. The molecule has 0 heterocycles. The van der Waals surface area contributed by atoms with Crippen LogP contribution in [0.4, 0.5) is 0 Å². The summed E-state index contributed by atoms with van der Waals surface area (Å²) in [6, 6.07) is 25.5. The summed E-state index contributed by atoms with van der Waals surface area (Å²) >= 11 is 0. The number of carbonyl (C=O) groups is 1. The molecule has 0 spiro atoms. The Morgan fingerprint density at radius 3 is 2.14 bits per heavy atom. The lowest BCUT2D eigenvalue weighted by Crippen LogP contribution is -2.52. The van der Waals surface area contributed by atoms with Crippen LogP contribution in [0.1, 0.15) is 37.8 Å². The lowest BCUT2D eigenvalue weighted by atomic mass is 10.0. The predicted molar refractivity (Wildman–Crippen MR) is 166 cm³/mol. The van der Waals surface area contributed by atoms with Crippen LogP contribution in [0.15, 0.2) is 84.9 Å². The Morgan fingerprint density at radius 1 is 0.857 bits per heavy atom. The van der Waals surface area contributed by atoms with E-state index in [0.717, 1.165) is 16.9 Å². The number of sulfone groups is 1. The Morgan fingerprint density at radius 2 is 1.48 bits per heavy atom. The first-order chi connectivity index (χ1) is 20.1. The van der Waals surface area contributed by atoms with Gasteiger partial charge in [0.1, 0.15) is 21.3 Å². The first-order valence-electron chi connectivity index (χ1n) is 14.4. The lowest BCUT2D eigenvalue weighted by molar-refractivity contribution is -0.129. The van der Waals surface area contributed by atoms with E-state index in [4.69, 9.17) is 9.47 Å². The van der Waals surface area contributed by atoms with Gasteiger partial charge in [-0.25, -0.2) is 8.42 Å². The number of methoxy groups -OCH3 is 1. The van der Waals surface area contributed by atoms with Crippen molar-refractivity contribution in [3.63, 3.8) is 0 Å². The SMILES string of the molecule is COc1cccc(CNCC(O)C(Cc2ccccc2)NC(=O)C(CCS(=O)(=O)CCC(C)C)Oc2ccccc2)c1. The highest BCUT2D eigenvalue weighted by Gasteiger charge is 2.29. The largest absolute Gasteiger partial charge is 0.497 e. The van der Waals surface area contributed by atoms with Gasteiger partial charge in [-0.15, -0.1) is 0 Å².